The van der Waals surface area contributed by atoms with Crippen molar-refractivity contribution in [3.05, 3.63) is 30.1 Å². The molecule has 0 unspecified atom stereocenters. The molecule has 2 nitrogen and oxygen atoms in total. The fourth-order valence-corrected chi connectivity index (χ4v) is 1.90. The fourth-order valence-electron chi connectivity index (χ4n) is 1.90. The van der Waals surface area contributed by atoms with Crippen molar-refractivity contribution < 1.29 is 28.5 Å². The van der Waals surface area contributed by atoms with Crippen molar-refractivity contribution in [3.8, 4) is 0 Å². The summed E-state index contributed by atoms with van der Waals surface area (Å²) in [7, 11) is 2.11. The van der Waals surface area contributed by atoms with Gasteiger partial charge in [-0.1, -0.05) is 12.1 Å². The van der Waals surface area contributed by atoms with Crippen LogP contribution >= 0.6 is 0 Å². The Morgan fingerprint density at radius 3 is 2.57 bits per heavy atom. The number of rotatable bonds is 1. The van der Waals surface area contributed by atoms with E-state index in [1.54, 1.807) is 0 Å². The average Bonchev–Trinajstić information content (AvgIpc) is 2.41. The molecule has 1 heterocycles. The Hall–Kier alpha value is -0.580. The molecule has 0 fully saturated rings. The van der Waals surface area contributed by atoms with Gasteiger partial charge in [-0.05, 0) is 19.1 Å². The Balaban J connectivity index is 0.000000980. The van der Waals surface area contributed by atoms with Gasteiger partial charge in [-0.25, -0.2) is 9.13 Å². The highest BCUT2D eigenvalue weighted by Gasteiger charge is 2.15. The maximum Gasteiger partial charge on any atom is 0.253 e. The minimum atomic E-state index is 0. The van der Waals surface area contributed by atoms with Crippen LogP contribution in [-0.2, 0) is 13.6 Å². The standard InChI is InChI=1S/C11H15N2.HI/c1-4-13-9(2)12(3)10-7-5-6-8-11(10)13;/h5-8H,4H2,1-3H3;1H/q+1;/p-1. The lowest BCUT2D eigenvalue weighted by atomic mass is 10.3. The van der Waals surface area contributed by atoms with Crippen molar-refractivity contribution in [3.63, 3.8) is 0 Å². The third-order valence-corrected chi connectivity index (χ3v) is 2.73. The number of benzene rings is 1. The highest BCUT2D eigenvalue weighted by Crippen LogP contribution is 2.12. The van der Waals surface area contributed by atoms with Gasteiger partial charge in [0.15, 0.2) is 11.0 Å². The van der Waals surface area contributed by atoms with E-state index in [1.165, 1.54) is 16.9 Å². The second kappa shape index (κ2) is 4.29. The van der Waals surface area contributed by atoms with Gasteiger partial charge in [0.05, 0.1) is 13.6 Å². The first-order chi connectivity index (χ1) is 6.25. The Morgan fingerprint density at radius 2 is 1.93 bits per heavy atom. The van der Waals surface area contributed by atoms with Crippen LogP contribution in [0.1, 0.15) is 12.7 Å². The minimum absolute atomic E-state index is 0. The Bertz CT molecular complexity index is 446. The molecule has 0 aliphatic heterocycles. The third kappa shape index (κ3) is 1.54. The Morgan fingerprint density at radius 1 is 1.29 bits per heavy atom. The van der Waals surface area contributed by atoms with Crippen LogP contribution in [0.15, 0.2) is 24.3 Å². The van der Waals surface area contributed by atoms with Gasteiger partial charge in [-0.3, -0.25) is 0 Å². The van der Waals surface area contributed by atoms with Crippen LogP contribution in [0.3, 0.4) is 0 Å². The van der Waals surface area contributed by atoms with Crippen LogP contribution in [0.5, 0.6) is 0 Å². The monoisotopic (exact) mass is 302 g/mol. The number of hydrogen-bond donors (Lipinski definition) is 0. The van der Waals surface area contributed by atoms with Gasteiger partial charge in [0, 0.05) is 6.92 Å². The quantitative estimate of drug-likeness (QED) is 0.462. The molecule has 0 amide bonds. The molecule has 3 heteroatoms. The number of nitrogens with zero attached hydrogens (tertiary/aromatic N) is 2. The van der Waals surface area contributed by atoms with Crippen molar-refractivity contribution in [1.29, 1.82) is 0 Å². The normalized spacial score (nSPS) is 10.2. The summed E-state index contributed by atoms with van der Waals surface area (Å²) in [6, 6.07) is 8.51. The predicted octanol–water partition coefficient (Wildman–Crippen LogP) is -1.20. The van der Waals surface area contributed by atoms with Crippen molar-refractivity contribution in [2.75, 3.05) is 0 Å². The molecule has 2 aromatic rings. The molecule has 0 aliphatic carbocycles. The minimum Gasteiger partial charge on any atom is -1.00 e. The van der Waals surface area contributed by atoms with E-state index in [9.17, 15) is 0 Å². The lowest BCUT2D eigenvalue weighted by molar-refractivity contribution is -0.652. The summed E-state index contributed by atoms with van der Waals surface area (Å²) in [4.78, 5) is 0. The summed E-state index contributed by atoms with van der Waals surface area (Å²) in [5.41, 5.74) is 2.63. The molecule has 1 aromatic heterocycles. The number of fused-ring (bicyclic) bond motifs is 1. The second-order valence-corrected chi connectivity index (χ2v) is 3.34. The van der Waals surface area contributed by atoms with Gasteiger partial charge < -0.3 is 24.0 Å². The molecule has 2 rings (SSSR count). The van der Waals surface area contributed by atoms with Crippen molar-refractivity contribution in [1.82, 2.24) is 4.57 Å². The number of aromatic nitrogens is 2. The van der Waals surface area contributed by atoms with Crippen molar-refractivity contribution in [2.45, 2.75) is 20.4 Å². The third-order valence-electron chi connectivity index (χ3n) is 2.73. The van der Waals surface area contributed by atoms with Crippen LogP contribution in [0.4, 0.5) is 0 Å². The SMILES string of the molecule is CCn1c(C)[n+](C)c2ccccc21.[I-]. The highest BCUT2D eigenvalue weighted by molar-refractivity contribution is 5.72. The number of imidazole rings is 1. The van der Waals surface area contributed by atoms with Crippen LogP contribution in [0, 0.1) is 6.92 Å². The number of para-hydroxylation sites is 2. The first-order valence-electron chi connectivity index (χ1n) is 4.69. The highest BCUT2D eigenvalue weighted by atomic mass is 127. The smallest absolute Gasteiger partial charge is 0.253 e. The van der Waals surface area contributed by atoms with Crippen molar-refractivity contribution >= 4 is 11.0 Å². The van der Waals surface area contributed by atoms with E-state index in [0.29, 0.717) is 0 Å². The van der Waals surface area contributed by atoms with Gasteiger partial charge in [0.2, 0.25) is 0 Å². The van der Waals surface area contributed by atoms with E-state index in [0.717, 1.165) is 6.54 Å². The molecule has 1 aromatic carbocycles. The summed E-state index contributed by atoms with van der Waals surface area (Å²) >= 11 is 0. The van der Waals surface area contributed by atoms with Crippen LogP contribution in [0.25, 0.3) is 11.0 Å². The average molecular weight is 302 g/mol. The van der Waals surface area contributed by atoms with Crippen LogP contribution in [0.2, 0.25) is 0 Å². The predicted molar refractivity (Wildman–Crippen MR) is 53.5 cm³/mol. The van der Waals surface area contributed by atoms with Crippen molar-refractivity contribution in [2.24, 2.45) is 7.05 Å². The summed E-state index contributed by atoms with van der Waals surface area (Å²) in [5, 5.41) is 0. The van der Waals surface area contributed by atoms with E-state index >= 15 is 0 Å². The van der Waals surface area contributed by atoms with E-state index in [1.807, 2.05) is 0 Å². The van der Waals surface area contributed by atoms with E-state index in [2.05, 4.69) is 54.3 Å². The lowest BCUT2D eigenvalue weighted by Crippen LogP contribution is -3.00. The molecular weight excluding hydrogens is 287 g/mol. The Labute approximate surface area is 102 Å². The Kier molecular flexibility index (Phi) is 3.53. The number of halogens is 1. The van der Waals surface area contributed by atoms with Gasteiger partial charge in [0.25, 0.3) is 5.82 Å². The summed E-state index contributed by atoms with van der Waals surface area (Å²) in [5.74, 6) is 1.31. The zero-order chi connectivity index (χ0) is 9.42. The largest absolute Gasteiger partial charge is 1.00 e. The van der Waals surface area contributed by atoms with Crippen LogP contribution < -0.4 is 28.5 Å². The number of hydrogen-bond acceptors (Lipinski definition) is 0. The molecule has 0 saturated heterocycles. The molecule has 0 aliphatic rings. The molecular formula is C11H15IN2. The molecule has 14 heavy (non-hydrogen) atoms. The lowest BCUT2D eigenvalue weighted by Gasteiger charge is -1.92. The number of aryl methyl sites for hydroxylation is 2. The zero-order valence-corrected chi connectivity index (χ0v) is 10.9. The van der Waals surface area contributed by atoms with E-state index < -0.39 is 0 Å². The summed E-state index contributed by atoms with van der Waals surface area (Å²) in [6.07, 6.45) is 0. The maximum atomic E-state index is 2.33. The van der Waals surface area contributed by atoms with Gasteiger partial charge >= 0.3 is 0 Å². The first kappa shape index (κ1) is 11.5. The molecule has 0 bridgehead atoms. The van der Waals surface area contributed by atoms with Gasteiger partial charge in [-0.2, -0.15) is 0 Å². The van der Waals surface area contributed by atoms with Crippen LogP contribution in [-0.4, -0.2) is 4.57 Å². The maximum absolute atomic E-state index is 2.33. The van der Waals surface area contributed by atoms with E-state index in [-0.39, 0.29) is 24.0 Å². The molecule has 0 spiro atoms. The summed E-state index contributed by atoms with van der Waals surface area (Å²) < 4.78 is 4.56. The van der Waals surface area contributed by atoms with Gasteiger partial charge in [0.1, 0.15) is 0 Å². The van der Waals surface area contributed by atoms with E-state index in [4.69, 9.17) is 0 Å². The molecule has 76 valence electrons. The molecule has 0 atom stereocenters. The topological polar surface area (TPSA) is 8.81 Å². The summed E-state index contributed by atoms with van der Waals surface area (Å²) in [6.45, 7) is 5.37. The zero-order valence-electron chi connectivity index (χ0n) is 8.79. The van der Waals surface area contributed by atoms with Gasteiger partial charge in [-0.15, -0.1) is 0 Å². The molecule has 0 saturated carbocycles. The fraction of sp³-hybridized carbons (Fsp3) is 0.364. The molecule has 0 radical (unpaired) electrons. The second-order valence-electron chi connectivity index (χ2n) is 3.34. The first-order valence-corrected chi connectivity index (χ1v) is 4.69. The molecule has 0 N–H and O–H groups in total.